The van der Waals surface area contributed by atoms with E-state index in [2.05, 4.69) is 48.6 Å². The molecule has 2 aromatic rings. The second-order valence-electron chi connectivity index (χ2n) is 5.12. The predicted molar refractivity (Wildman–Crippen MR) is 86.0 cm³/mol. The Hall–Kier alpha value is -1.61. The Morgan fingerprint density at radius 2 is 2.10 bits per heavy atom. The molecule has 2 nitrogen and oxygen atoms in total. The molecule has 0 fully saturated rings. The van der Waals surface area contributed by atoms with Crippen molar-refractivity contribution in [2.75, 3.05) is 19.0 Å². The van der Waals surface area contributed by atoms with E-state index in [0.29, 0.717) is 5.25 Å². The van der Waals surface area contributed by atoms with Crippen molar-refractivity contribution < 1.29 is 4.74 Å². The summed E-state index contributed by atoms with van der Waals surface area (Å²) in [7, 11) is 1.71. The van der Waals surface area contributed by atoms with Gasteiger partial charge in [-0.2, -0.15) is 0 Å². The molecule has 0 saturated carbocycles. The van der Waals surface area contributed by atoms with E-state index >= 15 is 0 Å². The van der Waals surface area contributed by atoms with Gasteiger partial charge in [-0.25, -0.2) is 0 Å². The molecule has 2 aromatic carbocycles. The third-order valence-corrected chi connectivity index (χ3v) is 4.96. The normalized spacial score (nSPS) is 16.8. The van der Waals surface area contributed by atoms with Crippen LogP contribution in [0.2, 0.25) is 0 Å². The number of aryl methyl sites for hydroxylation is 1. The van der Waals surface area contributed by atoms with Crippen LogP contribution in [-0.2, 0) is 6.42 Å². The summed E-state index contributed by atoms with van der Waals surface area (Å²) >= 11 is 1.98. The quantitative estimate of drug-likeness (QED) is 0.912. The summed E-state index contributed by atoms with van der Waals surface area (Å²) in [6.07, 6.45) is 1.16. The van der Waals surface area contributed by atoms with Crippen LogP contribution in [0.5, 0.6) is 5.75 Å². The molecule has 0 amide bonds. The molecule has 20 heavy (non-hydrogen) atoms. The zero-order chi connectivity index (χ0) is 13.9. The van der Waals surface area contributed by atoms with Gasteiger partial charge in [0.2, 0.25) is 0 Å². The number of nitrogens with one attached hydrogen (secondary N) is 1. The maximum atomic E-state index is 5.29. The van der Waals surface area contributed by atoms with Gasteiger partial charge in [-0.05, 0) is 48.7 Å². The Kier molecular flexibility index (Phi) is 3.88. The summed E-state index contributed by atoms with van der Waals surface area (Å²) in [6.45, 7) is 3.06. The van der Waals surface area contributed by atoms with E-state index in [-0.39, 0.29) is 0 Å². The smallest absolute Gasteiger partial charge is 0.121 e. The van der Waals surface area contributed by atoms with Crippen molar-refractivity contribution in [2.24, 2.45) is 0 Å². The molecule has 1 aliphatic rings. The second-order valence-corrected chi connectivity index (χ2v) is 6.46. The molecule has 0 radical (unpaired) electrons. The van der Waals surface area contributed by atoms with Gasteiger partial charge in [0.05, 0.1) is 7.11 Å². The third kappa shape index (κ3) is 2.78. The average Bonchev–Trinajstić information content (AvgIpc) is 2.88. The fourth-order valence-corrected chi connectivity index (χ4v) is 3.84. The van der Waals surface area contributed by atoms with Crippen molar-refractivity contribution in [3.8, 4) is 5.75 Å². The molecule has 0 aliphatic carbocycles. The number of thioether (sulfide) groups is 1. The van der Waals surface area contributed by atoms with Gasteiger partial charge in [-0.3, -0.25) is 0 Å². The Morgan fingerprint density at radius 3 is 2.85 bits per heavy atom. The maximum Gasteiger partial charge on any atom is 0.121 e. The molecule has 104 valence electrons. The van der Waals surface area contributed by atoms with Gasteiger partial charge < -0.3 is 10.1 Å². The lowest BCUT2D eigenvalue weighted by atomic mass is 10.1. The van der Waals surface area contributed by atoms with E-state index in [1.54, 1.807) is 7.11 Å². The van der Waals surface area contributed by atoms with Crippen LogP contribution in [0.1, 0.15) is 11.1 Å². The summed E-state index contributed by atoms with van der Waals surface area (Å²) in [5, 5.41) is 4.16. The third-order valence-electron chi connectivity index (χ3n) is 3.64. The van der Waals surface area contributed by atoms with Gasteiger partial charge in [-0.1, -0.05) is 18.2 Å². The highest BCUT2D eigenvalue weighted by Gasteiger charge is 2.21. The zero-order valence-corrected chi connectivity index (χ0v) is 12.7. The van der Waals surface area contributed by atoms with Gasteiger partial charge >= 0.3 is 0 Å². The summed E-state index contributed by atoms with van der Waals surface area (Å²) < 4.78 is 5.29. The maximum absolute atomic E-state index is 5.29. The average molecular weight is 285 g/mol. The molecule has 1 heterocycles. The Morgan fingerprint density at radius 1 is 1.25 bits per heavy atom. The first kappa shape index (κ1) is 13.4. The predicted octanol–water partition coefficient (Wildman–Crippen LogP) is 4.13. The van der Waals surface area contributed by atoms with Crippen LogP contribution in [0.25, 0.3) is 0 Å². The van der Waals surface area contributed by atoms with Gasteiger partial charge in [0.25, 0.3) is 0 Å². The highest BCUT2D eigenvalue weighted by atomic mass is 32.2. The zero-order valence-electron chi connectivity index (χ0n) is 11.8. The van der Waals surface area contributed by atoms with Crippen molar-refractivity contribution in [3.63, 3.8) is 0 Å². The fourth-order valence-electron chi connectivity index (χ4n) is 2.59. The standard InChI is InChI=1S/C17H19NOS/c1-12-9-14(7-8-16(12)19-2)18-11-15-10-13-5-3-4-6-17(13)20-15/h3-9,15,18H,10-11H2,1-2H3. The van der Waals surface area contributed by atoms with Crippen LogP contribution >= 0.6 is 11.8 Å². The topological polar surface area (TPSA) is 21.3 Å². The second kappa shape index (κ2) is 5.80. The number of hydrogen-bond acceptors (Lipinski definition) is 3. The largest absolute Gasteiger partial charge is 0.496 e. The van der Waals surface area contributed by atoms with E-state index in [0.717, 1.165) is 18.7 Å². The van der Waals surface area contributed by atoms with Crippen molar-refractivity contribution in [1.82, 2.24) is 0 Å². The van der Waals surface area contributed by atoms with Crippen LogP contribution in [0, 0.1) is 6.92 Å². The van der Waals surface area contributed by atoms with E-state index < -0.39 is 0 Å². The molecule has 1 N–H and O–H groups in total. The minimum atomic E-state index is 0.620. The number of benzene rings is 2. The van der Waals surface area contributed by atoms with E-state index in [4.69, 9.17) is 4.74 Å². The number of hydrogen-bond donors (Lipinski definition) is 1. The van der Waals surface area contributed by atoms with Gasteiger partial charge in [-0.15, -0.1) is 11.8 Å². The Bertz CT molecular complexity index is 587. The van der Waals surface area contributed by atoms with Gasteiger partial charge in [0.1, 0.15) is 5.75 Å². The molecular formula is C17H19NOS. The lowest BCUT2D eigenvalue weighted by Gasteiger charge is -2.13. The van der Waals surface area contributed by atoms with Crippen LogP contribution in [0.15, 0.2) is 47.4 Å². The summed E-state index contributed by atoms with van der Waals surface area (Å²) in [5.74, 6) is 0.943. The number of ether oxygens (including phenoxy) is 1. The van der Waals surface area contributed by atoms with Gasteiger partial charge in [0, 0.05) is 22.4 Å². The highest BCUT2D eigenvalue weighted by molar-refractivity contribution is 8.00. The molecule has 1 aliphatic heterocycles. The summed E-state index contributed by atoms with van der Waals surface area (Å²) in [4.78, 5) is 1.44. The molecule has 3 rings (SSSR count). The van der Waals surface area contributed by atoms with E-state index in [9.17, 15) is 0 Å². The number of methoxy groups -OCH3 is 1. The van der Waals surface area contributed by atoms with Crippen LogP contribution in [0.4, 0.5) is 5.69 Å². The van der Waals surface area contributed by atoms with Crippen LogP contribution < -0.4 is 10.1 Å². The lowest BCUT2D eigenvalue weighted by molar-refractivity contribution is 0.412. The van der Waals surface area contributed by atoms with Crippen LogP contribution in [0.3, 0.4) is 0 Å². The number of fused-ring (bicyclic) bond motifs is 1. The molecule has 1 unspecified atom stereocenters. The molecule has 3 heteroatoms. The summed E-state index contributed by atoms with van der Waals surface area (Å²) in [5.41, 5.74) is 3.81. The van der Waals surface area contributed by atoms with E-state index in [1.165, 1.54) is 21.7 Å². The minimum Gasteiger partial charge on any atom is -0.496 e. The molecular weight excluding hydrogens is 266 g/mol. The van der Waals surface area contributed by atoms with Crippen molar-refractivity contribution >= 4 is 17.4 Å². The number of anilines is 1. The molecule has 0 aromatic heterocycles. The first-order valence-electron chi connectivity index (χ1n) is 6.89. The molecule has 0 bridgehead atoms. The summed E-state index contributed by atoms with van der Waals surface area (Å²) in [6, 6.07) is 15.0. The lowest BCUT2D eigenvalue weighted by Crippen LogP contribution is -2.15. The molecule has 0 spiro atoms. The SMILES string of the molecule is COc1ccc(NCC2Cc3ccccc3S2)cc1C. The Balaban J connectivity index is 1.60. The molecule has 0 saturated heterocycles. The first-order valence-corrected chi connectivity index (χ1v) is 7.77. The first-order chi connectivity index (χ1) is 9.76. The fraction of sp³-hybridized carbons (Fsp3) is 0.294. The minimum absolute atomic E-state index is 0.620. The Labute approximate surface area is 124 Å². The van der Waals surface area contributed by atoms with E-state index in [1.807, 2.05) is 17.8 Å². The number of rotatable bonds is 4. The van der Waals surface area contributed by atoms with Crippen molar-refractivity contribution in [3.05, 3.63) is 53.6 Å². The monoisotopic (exact) mass is 285 g/mol. The molecule has 1 atom stereocenters. The highest BCUT2D eigenvalue weighted by Crippen LogP contribution is 2.36. The van der Waals surface area contributed by atoms with Crippen molar-refractivity contribution in [2.45, 2.75) is 23.5 Å². The van der Waals surface area contributed by atoms with Gasteiger partial charge in [0.15, 0.2) is 0 Å². The van der Waals surface area contributed by atoms with Crippen molar-refractivity contribution in [1.29, 1.82) is 0 Å². The van der Waals surface area contributed by atoms with Crippen LogP contribution in [-0.4, -0.2) is 18.9 Å².